The van der Waals surface area contributed by atoms with Gasteiger partial charge in [0.05, 0.1) is 13.3 Å². The van der Waals surface area contributed by atoms with E-state index in [1.165, 1.54) is 6.42 Å². The molecule has 0 aliphatic rings. The van der Waals surface area contributed by atoms with Gasteiger partial charge in [-0.2, -0.15) is 5.10 Å². The number of carboxylic acid groups (broad SMARTS) is 2. The predicted molar refractivity (Wildman–Crippen MR) is 121 cm³/mol. The van der Waals surface area contributed by atoms with E-state index in [0.717, 1.165) is 41.6 Å². The van der Waals surface area contributed by atoms with Crippen molar-refractivity contribution in [2.45, 2.75) is 45.4 Å². The van der Waals surface area contributed by atoms with Gasteiger partial charge in [0, 0.05) is 42.0 Å². The largest absolute Gasteiger partial charge is 0.497 e. The summed E-state index contributed by atoms with van der Waals surface area (Å²) in [6.07, 6.45) is 7.08. The van der Waals surface area contributed by atoms with Crippen LogP contribution in [0.1, 0.15) is 51.0 Å². The van der Waals surface area contributed by atoms with Gasteiger partial charge in [0.1, 0.15) is 5.75 Å². The van der Waals surface area contributed by atoms with E-state index in [9.17, 15) is 9.59 Å². The fourth-order valence-corrected chi connectivity index (χ4v) is 2.51. The van der Waals surface area contributed by atoms with Crippen LogP contribution in [0.4, 0.5) is 0 Å². The number of methoxy groups -OCH3 is 1. The molecule has 170 valence electrons. The summed E-state index contributed by atoms with van der Waals surface area (Å²) in [5.41, 5.74) is 10.5. The van der Waals surface area contributed by atoms with Crippen molar-refractivity contribution in [3.8, 4) is 5.75 Å². The van der Waals surface area contributed by atoms with Crippen LogP contribution in [-0.2, 0) is 9.59 Å². The highest BCUT2D eigenvalue weighted by molar-refractivity contribution is 5.99. The van der Waals surface area contributed by atoms with Crippen LogP contribution in [0.5, 0.6) is 5.75 Å². The van der Waals surface area contributed by atoms with Crippen LogP contribution in [-0.4, -0.2) is 53.0 Å². The number of H-pyrrole nitrogens is 1. The fraction of sp³-hybridized carbons (Fsp3) is 0.429. The first kappa shape index (κ1) is 25.5. The second-order valence-corrected chi connectivity index (χ2v) is 6.64. The third-order valence-corrected chi connectivity index (χ3v) is 4.13. The van der Waals surface area contributed by atoms with E-state index in [0.29, 0.717) is 5.96 Å². The summed E-state index contributed by atoms with van der Waals surface area (Å²) < 4.78 is 5.24. The number of aromatic nitrogens is 1. The summed E-state index contributed by atoms with van der Waals surface area (Å²) >= 11 is 0. The summed E-state index contributed by atoms with van der Waals surface area (Å²) in [6.45, 7) is 2.89. The lowest BCUT2D eigenvalue weighted by atomic mass is 10.2. The molecule has 0 atom stereocenters. The lowest BCUT2D eigenvalue weighted by Crippen LogP contribution is -2.27. The first-order valence-corrected chi connectivity index (χ1v) is 10.0. The number of nitrogens with two attached hydrogens (primary N) is 1. The van der Waals surface area contributed by atoms with Crippen molar-refractivity contribution in [3.63, 3.8) is 0 Å². The number of rotatable bonds is 11. The molecule has 1 heterocycles. The molecular weight excluding hydrogens is 402 g/mol. The molecule has 1 aromatic carbocycles. The average Bonchev–Trinajstić information content (AvgIpc) is 3.13. The monoisotopic (exact) mass is 433 g/mol. The zero-order chi connectivity index (χ0) is 23.1. The number of aliphatic carboxylic acids is 2. The number of unbranched alkanes of at least 4 members (excludes halogenated alkanes) is 2. The van der Waals surface area contributed by atoms with Gasteiger partial charge in [0.2, 0.25) is 5.96 Å². The highest BCUT2D eigenvalue weighted by Crippen LogP contribution is 2.22. The number of hydrogen-bond acceptors (Lipinski definition) is 5. The molecular formula is C21H31N5O5. The second kappa shape index (κ2) is 14.4. The van der Waals surface area contributed by atoms with E-state index in [4.69, 9.17) is 20.7 Å². The number of hydrazone groups is 1. The number of hydrogen-bond donors (Lipinski definition) is 5. The molecule has 0 aliphatic heterocycles. The zero-order valence-corrected chi connectivity index (χ0v) is 17.9. The van der Waals surface area contributed by atoms with Crippen LogP contribution in [0.25, 0.3) is 10.9 Å². The summed E-state index contributed by atoms with van der Waals surface area (Å²) in [7, 11) is 1.65. The van der Waals surface area contributed by atoms with Crippen LogP contribution in [0.15, 0.2) is 34.5 Å². The Morgan fingerprint density at radius 1 is 1.19 bits per heavy atom. The highest BCUT2D eigenvalue weighted by Gasteiger charge is 2.03. The minimum Gasteiger partial charge on any atom is -0.497 e. The number of fused-ring (bicyclic) bond motifs is 1. The van der Waals surface area contributed by atoms with Gasteiger partial charge in [-0.25, -0.2) is 5.43 Å². The molecule has 1 aromatic heterocycles. The number of nitrogens with one attached hydrogen (secondary N) is 2. The van der Waals surface area contributed by atoms with Crippen molar-refractivity contribution in [2.75, 3.05) is 13.7 Å². The van der Waals surface area contributed by atoms with Crippen LogP contribution < -0.4 is 15.9 Å². The Kier molecular flexibility index (Phi) is 11.9. The molecule has 0 spiro atoms. The van der Waals surface area contributed by atoms with Gasteiger partial charge < -0.3 is 25.7 Å². The summed E-state index contributed by atoms with van der Waals surface area (Å²) in [5, 5.41) is 21.2. The lowest BCUT2D eigenvalue weighted by Gasteiger charge is -2.00. The molecule has 0 aliphatic carbocycles. The van der Waals surface area contributed by atoms with Gasteiger partial charge in [-0.1, -0.05) is 19.8 Å². The number of aromatic amines is 1. The Morgan fingerprint density at radius 2 is 1.90 bits per heavy atom. The minimum absolute atomic E-state index is 0.0632. The van der Waals surface area contributed by atoms with Crippen LogP contribution in [0.3, 0.4) is 0 Å². The Bertz CT molecular complexity index is 877. The molecule has 10 heteroatoms. The quantitative estimate of drug-likeness (QED) is 0.157. The van der Waals surface area contributed by atoms with E-state index in [1.54, 1.807) is 13.3 Å². The normalized spacial score (nSPS) is 11.2. The number of carbonyl (C=O) groups is 2. The smallest absolute Gasteiger partial charge is 0.303 e. The summed E-state index contributed by atoms with van der Waals surface area (Å²) in [6, 6.07) is 5.86. The maximum atomic E-state index is 9.79. The Morgan fingerprint density at radius 3 is 2.52 bits per heavy atom. The molecule has 2 rings (SSSR count). The number of guanidine groups is 1. The predicted octanol–water partition coefficient (Wildman–Crippen LogP) is 2.93. The average molecular weight is 434 g/mol. The SMILES string of the molecule is CCCCCN=C(N)N/N=C\c1c[nH]c2ccc(OC)cc12.O=C(O)CCCC(=O)O. The van der Waals surface area contributed by atoms with Gasteiger partial charge in [-0.15, -0.1) is 0 Å². The summed E-state index contributed by atoms with van der Waals surface area (Å²) in [5.74, 6) is -0.746. The van der Waals surface area contributed by atoms with Crippen molar-refractivity contribution < 1.29 is 24.5 Å². The number of benzene rings is 1. The first-order chi connectivity index (χ1) is 14.9. The molecule has 0 bridgehead atoms. The molecule has 0 unspecified atom stereocenters. The van der Waals surface area contributed by atoms with E-state index >= 15 is 0 Å². The molecule has 2 aromatic rings. The number of aliphatic imine (C=N–C) groups is 1. The Hall–Kier alpha value is -3.56. The van der Waals surface area contributed by atoms with Crippen molar-refractivity contribution in [3.05, 3.63) is 30.0 Å². The number of carboxylic acids is 2. The second-order valence-electron chi connectivity index (χ2n) is 6.64. The third-order valence-electron chi connectivity index (χ3n) is 4.13. The van der Waals surface area contributed by atoms with Crippen LogP contribution in [0.2, 0.25) is 0 Å². The fourth-order valence-electron chi connectivity index (χ4n) is 2.51. The first-order valence-electron chi connectivity index (χ1n) is 10.0. The van der Waals surface area contributed by atoms with Gasteiger partial charge in [-0.05, 0) is 31.0 Å². The van der Waals surface area contributed by atoms with E-state index in [-0.39, 0.29) is 19.3 Å². The standard InChI is InChI=1S/C16H23N5O.C5H8O4/c1-3-4-5-8-18-16(17)21-20-11-12-10-19-15-7-6-13(22-2)9-14(12)15;6-4(7)2-1-3-5(8)9/h6-7,9-11,19H,3-5,8H2,1-2H3,(H3,17,18,21);1-3H2,(H,6,7)(H,8,9)/b20-11-;. The van der Waals surface area contributed by atoms with E-state index in [2.05, 4.69) is 27.4 Å². The maximum Gasteiger partial charge on any atom is 0.303 e. The number of ether oxygens (including phenoxy) is 1. The molecule has 10 nitrogen and oxygen atoms in total. The van der Waals surface area contributed by atoms with Gasteiger partial charge in [-0.3, -0.25) is 14.6 Å². The molecule has 31 heavy (non-hydrogen) atoms. The summed E-state index contributed by atoms with van der Waals surface area (Å²) in [4.78, 5) is 27.0. The number of nitrogens with zero attached hydrogens (tertiary/aromatic N) is 2. The van der Waals surface area contributed by atoms with Crippen molar-refractivity contribution in [2.24, 2.45) is 15.8 Å². The Balaban J connectivity index is 0.000000452. The van der Waals surface area contributed by atoms with E-state index < -0.39 is 11.9 Å². The molecule has 0 saturated heterocycles. The lowest BCUT2D eigenvalue weighted by molar-refractivity contribution is -0.138. The topological polar surface area (TPSA) is 162 Å². The molecule has 0 amide bonds. The molecule has 0 saturated carbocycles. The highest BCUT2D eigenvalue weighted by atomic mass is 16.5. The minimum atomic E-state index is -0.948. The third kappa shape index (κ3) is 10.7. The van der Waals surface area contributed by atoms with Crippen molar-refractivity contribution in [1.82, 2.24) is 10.4 Å². The maximum absolute atomic E-state index is 9.79. The molecule has 6 N–H and O–H groups in total. The Labute approximate surface area is 181 Å². The van der Waals surface area contributed by atoms with Crippen molar-refractivity contribution in [1.29, 1.82) is 0 Å². The van der Waals surface area contributed by atoms with Gasteiger partial charge in [0.25, 0.3) is 0 Å². The zero-order valence-electron chi connectivity index (χ0n) is 17.9. The van der Waals surface area contributed by atoms with Crippen LogP contribution in [0, 0.1) is 0 Å². The van der Waals surface area contributed by atoms with Crippen molar-refractivity contribution >= 4 is 35.0 Å². The van der Waals surface area contributed by atoms with Gasteiger partial charge in [0.15, 0.2) is 0 Å². The van der Waals surface area contributed by atoms with E-state index in [1.807, 2.05) is 24.4 Å². The molecule has 0 fully saturated rings. The molecule has 0 radical (unpaired) electrons. The van der Waals surface area contributed by atoms with Crippen LogP contribution >= 0.6 is 0 Å². The van der Waals surface area contributed by atoms with Gasteiger partial charge >= 0.3 is 11.9 Å².